The van der Waals surface area contributed by atoms with E-state index < -0.39 is 15.5 Å². The molecule has 0 N–H and O–H groups in total. The number of benzene rings is 4. The van der Waals surface area contributed by atoms with Crippen molar-refractivity contribution >= 4 is 36.7 Å². The van der Waals surface area contributed by atoms with Gasteiger partial charge in [-0.05, 0) is 34.9 Å². The highest BCUT2D eigenvalue weighted by Gasteiger charge is 2.34. The summed E-state index contributed by atoms with van der Waals surface area (Å²) in [6.07, 6.45) is 2.89. The van der Waals surface area contributed by atoms with Crippen molar-refractivity contribution in [3.63, 3.8) is 0 Å². The Kier molecular flexibility index (Phi) is 6.88. The molecule has 0 heterocycles. The Bertz CT molecular complexity index is 972. The van der Waals surface area contributed by atoms with Gasteiger partial charge in [0, 0.05) is 7.41 Å². The molecule has 0 saturated heterocycles. The molecule has 0 spiro atoms. The van der Waals surface area contributed by atoms with Gasteiger partial charge in [0.2, 0.25) is 0 Å². The maximum Gasteiger partial charge on any atom is 0.0857 e. The Hall–Kier alpha value is -2.56. The van der Waals surface area contributed by atoms with Gasteiger partial charge in [0.05, 0.1) is 16.8 Å². The van der Waals surface area contributed by atoms with Crippen molar-refractivity contribution in [2.45, 2.75) is 0 Å². The maximum atomic E-state index is 5.78. The van der Waals surface area contributed by atoms with Gasteiger partial charge in [-0.3, -0.25) is 0 Å². The largest absolute Gasteiger partial charge is 0.448 e. The third-order valence-corrected chi connectivity index (χ3v) is 11.6. The topological polar surface area (TPSA) is 14.1 Å². The highest BCUT2D eigenvalue weighted by molar-refractivity contribution is 8.02. The van der Waals surface area contributed by atoms with Gasteiger partial charge in [-0.15, -0.1) is 8.07 Å². The predicted molar refractivity (Wildman–Crippen MR) is 137 cm³/mol. The maximum absolute atomic E-state index is 5.78. The van der Waals surface area contributed by atoms with Crippen LogP contribution in [0.1, 0.15) is 0 Å². The van der Waals surface area contributed by atoms with E-state index in [9.17, 15) is 0 Å². The SMILES string of the molecule is C=CC[P+]([N-]P(c1ccccc1)c1ccccc1)(c1ccccc1)c1ccccc1. The van der Waals surface area contributed by atoms with E-state index in [-0.39, 0.29) is 0 Å². The third-order valence-electron chi connectivity index (χ3n) is 5.00. The van der Waals surface area contributed by atoms with E-state index in [0.29, 0.717) is 0 Å². The lowest BCUT2D eigenvalue weighted by Gasteiger charge is -2.44. The van der Waals surface area contributed by atoms with Crippen LogP contribution in [-0.2, 0) is 0 Å². The van der Waals surface area contributed by atoms with Crippen LogP contribution in [0.4, 0.5) is 0 Å². The summed E-state index contributed by atoms with van der Waals surface area (Å²) in [5.74, 6) is 0. The minimum atomic E-state index is -2.05. The van der Waals surface area contributed by atoms with Gasteiger partial charge < -0.3 is 4.86 Å². The molecule has 4 aromatic carbocycles. The summed E-state index contributed by atoms with van der Waals surface area (Å²) in [5.41, 5.74) is 0. The van der Waals surface area contributed by atoms with Crippen LogP contribution in [0, 0.1) is 0 Å². The van der Waals surface area contributed by atoms with Crippen molar-refractivity contribution in [2.24, 2.45) is 0 Å². The summed E-state index contributed by atoms with van der Waals surface area (Å²) < 4.78 is 0. The second kappa shape index (κ2) is 9.96. The Morgan fingerprint density at radius 1 is 0.600 bits per heavy atom. The van der Waals surface area contributed by atoms with Crippen LogP contribution >= 0.6 is 15.5 Å². The fourth-order valence-corrected chi connectivity index (χ4v) is 10.4. The molecule has 0 atom stereocenters. The van der Waals surface area contributed by atoms with Crippen LogP contribution in [0.5, 0.6) is 0 Å². The molecule has 0 aliphatic heterocycles. The number of hydrogen-bond acceptors (Lipinski definition) is 0. The van der Waals surface area contributed by atoms with Crippen LogP contribution in [0.3, 0.4) is 0 Å². The second-order valence-corrected chi connectivity index (χ2v) is 12.3. The average Bonchev–Trinajstić information content (AvgIpc) is 2.84. The molecule has 0 aromatic heterocycles. The summed E-state index contributed by atoms with van der Waals surface area (Å²) in [6, 6.07) is 43.0. The van der Waals surface area contributed by atoms with Crippen molar-refractivity contribution in [1.29, 1.82) is 0 Å². The van der Waals surface area contributed by atoms with Crippen molar-refractivity contribution in [2.75, 3.05) is 6.16 Å². The van der Waals surface area contributed by atoms with Gasteiger partial charge in [0.25, 0.3) is 0 Å². The van der Waals surface area contributed by atoms with Gasteiger partial charge in [-0.25, -0.2) is 0 Å². The first-order chi connectivity index (χ1) is 14.8. The summed E-state index contributed by atoms with van der Waals surface area (Å²) >= 11 is 0. The van der Waals surface area contributed by atoms with Gasteiger partial charge >= 0.3 is 0 Å². The molecule has 30 heavy (non-hydrogen) atoms. The van der Waals surface area contributed by atoms with Crippen molar-refractivity contribution < 1.29 is 0 Å². The van der Waals surface area contributed by atoms with E-state index >= 15 is 0 Å². The van der Waals surface area contributed by atoms with Gasteiger partial charge in [-0.1, -0.05) is 110 Å². The van der Waals surface area contributed by atoms with E-state index in [2.05, 4.69) is 128 Å². The van der Waals surface area contributed by atoms with Gasteiger partial charge in [0.1, 0.15) is 0 Å². The molecule has 4 rings (SSSR count). The average molecular weight is 425 g/mol. The molecular weight excluding hydrogens is 400 g/mol. The van der Waals surface area contributed by atoms with E-state index in [0.717, 1.165) is 6.16 Å². The summed E-state index contributed by atoms with van der Waals surface area (Å²) in [4.78, 5) is 5.78. The van der Waals surface area contributed by atoms with Crippen molar-refractivity contribution in [3.8, 4) is 0 Å². The quantitative estimate of drug-likeness (QED) is 0.237. The lowest BCUT2D eigenvalue weighted by Crippen LogP contribution is -2.25. The molecule has 0 aliphatic carbocycles. The molecule has 0 fully saturated rings. The monoisotopic (exact) mass is 425 g/mol. The van der Waals surface area contributed by atoms with E-state index in [4.69, 9.17) is 4.86 Å². The molecule has 0 aliphatic rings. The molecule has 3 heteroatoms. The van der Waals surface area contributed by atoms with Crippen LogP contribution in [0.15, 0.2) is 134 Å². The molecule has 0 bridgehead atoms. The molecule has 0 amide bonds. The molecule has 0 unspecified atom stereocenters. The first-order valence-electron chi connectivity index (χ1n) is 10.1. The minimum Gasteiger partial charge on any atom is -0.448 e. The Morgan fingerprint density at radius 2 is 0.967 bits per heavy atom. The number of rotatable bonds is 8. The predicted octanol–water partition coefficient (Wildman–Crippen LogP) is 6.18. The standard InChI is InChI=1S/C27H25NP2/c1-2-23-30(26-19-11-5-12-20-26,27-21-13-6-14-22-27)28-29(24-15-7-3-8-16-24)25-17-9-4-10-18-25/h2-22H,1,23H2. The first-order valence-corrected chi connectivity index (χ1v) is 13.3. The van der Waals surface area contributed by atoms with Gasteiger partial charge in [-0.2, -0.15) is 0 Å². The van der Waals surface area contributed by atoms with E-state index in [1.54, 1.807) is 0 Å². The smallest absolute Gasteiger partial charge is 0.0857 e. The zero-order valence-electron chi connectivity index (χ0n) is 16.9. The van der Waals surface area contributed by atoms with Crippen LogP contribution < -0.4 is 21.2 Å². The Labute approximate surface area is 181 Å². The summed E-state index contributed by atoms with van der Waals surface area (Å²) in [5, 5.41) is 5.16. The minimum absolute atomic E-state index is 0.847. The lowest BCUT2D eigenvalue weighted by atomic mass is 10.4. The normalized spacial score (nSPS) is 11.4. The third kappa shape index (κ3) is 4.45. The molecule has 4 aromatic rings. The molecule has 0 radical (unpaired) electrons. The highest BCUT2D eigenvalue weighted by Crippen LogP contribution is 2.71. The Morgan fingerprint density at radius 3 is 1.33 bits per heavy atom. The van der Waals surface area contributed by atoms with E-state index in [1.165, 1.54) is 21.2 Å². The Balaban J connectivity index is 1.90. The van der Waals surface area contributed by atoms with Crippen LogP contribution in [0.25, 0.3) is 4.86 Å². The second-order valence-electron chi connectivity index (χ2n) is 6.98. The zero-order valence-corrected chi connectivity index (χ0v) is 18.7. The summed E-state index contributed by atoms with van der Waals surface area (Å²) in [7, 11) is -2.92. The number of allylic oxidation sites excluding steroid dienone is 1. The molecule has 1 nitrogen and oxygen atoms in total. The first kappa shape index (κ1) is 20.7. The summed E-state index contributed by atoms with van der Waals surface area (Å²) in [6.45, 7) is 4.12. The van der Waals surface area contributed by atoms with Crippen LogP contribution in [-0.4, -0.2) is 6.16 Å². The van der Waals surface area contributed by atoms with Crippen LogP contribution in [0.2, 0.25) is 0 Å². The number of nitrogens with zero attached hydrogens (tertiary/aromatic N) is 1. The zero-order chi connectivity index (χ0) is 20.7. The van der Waals surface area contributed by atoms with E-state index in [1.807, 2.05) is 6.08 Å². The lowest BCUT2D eigenvalue weighted by molar-refractivity contribution is 1.68. The van der Waals surface area contributed by atoms with Gasteiger partial charge in [0.15, 0.2) is 0 Å². The molecule has 148 valence electrons. The highest BCUT2D eigenvalue weighted by atomic mass is 31.2. The van der Waals surface area contributed by atoms with Crippen molar-refractivity contribution in [3.05, 3.63) is 139 Å². The fourth-order valence-electron chi connectivity index (χ4n) is 3.58. The van der Waals surface area contributed by atoms with Crippen molar-refractivity contribution in [1.82, 2.24) is 0 Å². The fraction of sp³-hybridized carbons (Fsp3) is 0.0370. The molecular formula is C27H25NP2. The number of hydrogen-bond donors (Lipinski definition) is 0. The molecule has 0 saturated carbocycles.